The third-order valence-electron chi connectivity index (χ3n) is 19.9. The molecular formula is C88H168NO8+. The quantitative estimate of drug-likeness (QED) is 0.0211. The molecule has 2 unspecified atom stereocenters. The maximum absolute atomic E-state index is 13.0. The number of hydrogen-bond donors (Lipinski definition) is 1. The summed E-state index contributed by atoms with van der Waals surface area (Å²) in [5.41, 5.74) is 0. The van der Waals surface area contributed by atoms with E-state index in [0.29, 0.717) is 17.4 Å². The highest BCUT2D eigenvalue weighted by Gasteiger charge is 2.25. The molecule has 0 aliphatic carbocycles. The SMILES string of the molecule is CCCCCCC/C=C\C/C=C\C/C=C\CCCCCCCCCCCCCCCCCCCCCCCCC(=O)OC(COC(=O)CCCCCCCCCCCCCCCCCCCCCCCCCCCCCCCCCCCCC)COC(OCC[N+](C)(C)C)C(=O)O. The number of unbranched alkanes of at least 4 members (excludes halogenated alkanes) is 61. The topological polar surface area (TPSA) is 108 Å². The standard InChI is InChI=1S/C88H167NO8/c1-6-8-10-12-14-16-18-20-22-24-26-28-30-32-34-36-38-40-42-43-45-47-49-51-53-55-57-59-61-63-65-67-69-71-73-75-77-79-86(91)97-84(83-96-88(87(92)93)94-81-80-89(3,4)5)82-95-85(90)78-76-74-72-70-68-66-64-62-60-58-56-54-52-50-48-46-44-41-39-37-35-33-31-29-27-25-23-21-19-17-15-13-11-9-7-2/h18,20,24,26,30,32,84,88H,6-17,19,21-23,25,27-29,31,33-83H2,1-5H3/p+1/b20-18-,26-24-,32-30-. The van der Waals surface area contributed by atoms with E-state index >= 15 is 0 Å². The summed E-state index contributed by atoms with van der Waals surface area (Å²) in [6.45, 7) is 4.96. The maximum Gasteiger partial charge on any atom is 0.361 e. The number of quaternary nitrogens is 1. The number of carboxylic acids is 1. The molecule has 0 aliphatic rings. The fourth-order valence-electron chi connectivity index (χ4n) is 13.3. The number of ether oxygens (including phenoxy) is 4. The van der Waals surface area contributed by atoms with Gasteiger partial charge in [0.05, 0.1) is 34.4 Å². The number of carboxylic acid groups (broad SMARTS) is 1. The summed E-state index contributed by atoms with van der Waals surface area (Å²) in [6, 6.07) is 0. The predicted molar refractivity (Wildman–Crippen MR) is 420 cm³/mol. The zero-order valence-electron chi connectivity index (χ0n) is 65.8. The molecule has 2 atom stereocenters. The molecule has 0 rings (SSSR count). The molecule has 0 saturated heterocycles. The third-order valence-corrected chi connectivity index (χ3v) is 19.9. The van der Waals surface area contributed by atoms with E-state index in [4.69, 9.17) is 18.9 Å². The third kappa shape index (κ3) is 80.7. The Morgan fingerprint density at radius 3 is 0.825 bits per heavy atom. The Labute approximate surface area is 604 Å². The van der Waals surface area contributed by atoms with Crippen molar-refractivity contribution in [2.75, 3.05) is 47.5 Å². The van der Waals surface area contributed by atoms with Crippen molar-refractivity contribution in [3.8, 4) is 0 Å². The summed E-state index contributed by atoms with van der Waals surface area (Å²) < 4.78 is 23.1. The van der Waals surface area contributed by atoms with E-state index in [9.17, 15) is 19.5 Å². The van der Waals surface area contributed by atoms with Gasteiger partial charge in [-0.3, -0.25) is 9.59 Å². The number of nitrogens with zero attached hydrogens (tertiary/aromatic N) is 1. The van der Waals surface area contributed by atoms with E-state index in [1.54, 1.807) is 0 Å². The molecule has 0 bridgehead atoms. The molecule has 0 aromatic heterocycles. The van der Waals surface area contributed by atoms with Crippen molar-refractivity contribution in [2.45, 2.75) is 463 Å². The summed E-state index contributed by atoms with van der Waals surface area (Å²) in [6.07, 6.45) is 100. The number of esters is 2. The van der Waals surface area contributed by atoms with Crippen LogP contribution in [0.3, 0.4) is 0 Å². The second kappa shape index (κ2) is 79.2. The second-order valence-corrected chi connectivity index (χ2v) is 30.9. The van der Waals surface area contributed by atoms with Crippen molar-refractivity contribution in [1.29, 1.82) is 0 Å². The number of carbonyl (C=O) groups is 3. The zero-order chi connectivity index (χ0) is 70.4. The molecule has 0 aromatic rings. The van der Waals surface area contributed by atoms with E-state index in [2.05, 4.69) is 50.3 Å². The minimum absolute atomic E-state index is 0.174. The normalized spacial score (nSPS) is 12.7. The second-order valence-electron chi connectivity index (χ2n) is 30.9. The van der Waals surface area contributed by atoms with Crippen LogP contribution >= 0.6 is 0 Å². The van der Waals surface area contributed by atoms with Gasteiger partial charge in [0, 0.05) is 12.8 Å². The molecule has 0 radical (unpaired) electrons. The first-order valence-corrected chi connectivity index (χ1v) is 43.2. The van der Waals surface area contributed by atoms with Gasteiger partial charge >= 0.3 is 17.9 Å². The van der Waals surface area contributed by atoms with E-state index in [1.165, 1.54) is 372 Å². The molecule has 0 heterocycles. The van der Waals surface area contributed by atoms with Gasteiger partial charge in [-0.15, -0.1) is 0 Å². The van der Waals surface area contributed by atoms with Crippen LogP contribution in [0.1, 0.15) is 450 Å². The van der Waals surface area contributed by atoms with E-state index in [1.807, 2.05) is 21.1 Å². The van der Waals surface area contributed by atoms with Crippen LogP contribution in [0.5, 0.6) is 0 Å². The highest BCUT2D eigenvalue weighted by molar-refractivity contribution is 5.71. The summed E-state index contributed by atoms with van der Waals surface area (Å²) in [5, 5.41) is 9.79. The number of rotatable bonds is 82. The van der Waals surface area contributed by atoms with E-state index < -0.39 is 18.4 Å². The number of likely N-dealkylation sites (N-methyl/N-ethyl adjacent to an activating group) is 1. The zero-order valence-corrected chi connectivity index (χ0v) is 65.8. The van der Waals surface area contributed by atoms with Crippen LogP contribution in [0.15, 0.2) is 36.5 Å². The van der Waals surface area contributed by atoms with Crippen LogP contribution in [0, 0.1) is 0 Å². The average molecular weight is 1370 g/mol. The fourth-order valence-corrected chi connectivity index (χ4v) is 13.3. The molecule has 0 amide bonds. The molecule has 0 aliphatic heterocycles. The Balaban J connectivity index is 3.92. The largest absolute Gasteiger partial charge is 0.477 e. The highest BCUT2D eigenvalue weighted by Crippen LogP contribution is 2.21. The molecule has 1 N–H and O–H groups in total. The van der Waals surface area contributed by atoms with Crippen LogP contribution < -0.4 is 0 Å². The first-order chi connectivity index (χ1) is 47.6. The Kier molecular flexibility index (Phi) is 77.2. The summed E-state index contributed by atoms with van der Waals surface area (Å²) in [5.74, 6) is -1.97. The fraction of sp³-hybridized carbons (Fsp3) is 0.898. The summed E-state index contributed by atoms with van der Waals surface area (Å²) in [7, 11) is 6.00. The van der Waals surface area contributed by atoms with E-state index in [0.717, 1.165) is 51.4 Å². The smallest absolute Gasteiger partial charge is 0.361 e. The molecule has 9 heteroatoms. The van der Waals surface area contributed by atoms with Gasteiger partial charge in [-0.2, -0.15) is 0 Å². The lowest BCUT2D eigenvalue weighted by molar-refractivity contribution is -0.870. The number of allylic oxidation sites excluding steroid dienone is 6. The predicted octanol–water partition coefficient (Wildman–Crippen LogP) is 27.8. The minimum atomic E-state index is -1.51. The number of carbonyl (C=O) groups excluding carboxylic acids is 2. The van der Waals surface area contributed by atoms with Crippen molar-refractivity contribution >= 4 is 17.9 Å². The molecular weight excluding hydrogens is 1200 g/mol. The minimum Gasteiger partial charge on any atom is -0.477 e. The van der Waals surface area contributed by atoms with Gasteiger partial charge in [-0.1, -0.05) is 423 Å². The first kappa shape index (κ1) is 94.5. The highest BCUT2D eigenvalue weighted by atomic mass is 16.7. The van der Waals surface area contributed by atoms with Crippen molar-refractivity contribution in [3.63, 3.8) is 0 Å². The van der Waals surface area contributed by atoms with Crippen LogP contribution in [0.4, 0.5) is 0 Å². The van der Waals surface area contributed by atoms with Crippen molar-refractivity contribution < 1.29 is 42.9 Å². The molecule has 0 spiro atoms. The molecule has 97 heavy (non-hydrogen) atoms. The molecule has 0 aromatic carbocycles. The monoisotopic (exact) mass is 1370 g/mol. The maximum atomic E-state index is 13.0. The lowest BCUT2D eigenvalue weighted by atomic mass is 10.0. The summed E-state index contributed by atoms with van der Waals surface area (Å²) in [4.78, 5) is 37.8. The Hall–Kier alpha value is -2.49. The van der Waals surface area contributed by atoms with Gasteiger partial charge in [0.15, 0.2) is 6.10 Å². The van der Waals surface area contributed by atoms with E-state index in [-0.39, 0.29) is 38.2 Å². The average Bonchev–Trinajstić information content (AvgIpc) is 3.11. The van der Waals surface area contributed by atoms with Gasteiger partial charge < -0.3 is 28.5 Å². The first-order valence-electron chi connectivity index (χ1n) is 43.2. The number of hydrogen-bond acceptors (Lipinski definition) is 7. The van der Waals surface area contributed by atoms with Gasteiger partial charge in [0.2, 0.25) is 0 Å². The van der Waals surface area contributed by atoms with Gasteiger partial charge in [-0.25, -0.2) is 4.79 Å². The van der Waals surface area contributed by atoms with Crippen molar-refractivity contribution in [1.82, 2.24) is 0 Å². The van der Waals surface area contributed by atoms with Crippen molar-refractivity contribution in [3.05, 3.63) is 36.5 Å². The molecule has 0 saturated carbocycles. The molecule has 572 valence electrons. The van der Waals surface area contributed by atoms with Gasteiger partial charge in [0.1, 0.15) is 13.2 Å². The summed E-state index contributed by atoms with van der Waals surface area (Å²) >= 11 is 0. The van der Waals surface area contributed by atoms with Crippen LogP contribution in [0.25, 0.3) is 0 Å². The number of aliphatic carboxylic acids is 1. The molecule has 9 nitrogen and oxygen atoms in total. The van der Waals surface area contributed by atoms with Crippen LogP contribution in [-0.4, -0.2) is 87.4 Å². The molecule has 0 fully saturated rings. The lowest BCUT2D eigenvalue weighted by Crippen LogP contribution is -2.40. The van der Waals surface area contributed by atoms with Crippen molar-refractivity contribution in [2.24, 2.45) is 0 Å². The van der Waals surface area contributed by atoms with Crippen LogP contribution in [-0.2, 0) is 33.3 Å². The lowest BCUT2D eigenvalue weighted by Gasteiger charge is -2.25. The van der Waals surface area contributed by atoms with Crippen LogP contribution in [0.2, 0.25) is 0 Å². The Bertz CT molecular complexity index is 1690. The van der Waals surface area contributed by atoms with Gasteiger partial charge in [0.25, 0.3) is 6.29 Å². The Morgan fingerprint density at radius 2 is 0.557 bits per heavy atom. The Morgan fingerprint density at radius 1 is 0.309 bits per heavy atom. The van der Waals surface area contributed by atoms with Gasteiger partial charge in [-0.05, 0) is 51.4 Å².